The number of benzene rings is 2. The van der Waals surface area contributed by atoms with E-state index in [1.807, 2.05) is 26.0 Å². The molecule has 1 aromatic heterocycles. The van der Waals surface area contributed by atoms with Gasteiger partial charge in [0.1, 0.15) is 28.5 Å². The smallest absolute Gasteiger partial charge is 0.138 e. The molecule has 2 atom stereocenters. The Hall–Kier alpha value is -2.44. The molecule has 6 heteroatoms. The molecule has 0 saturated carbocycles. The summed E-state index contributed by atoms with van der Waals surface area (Å²) < 4.78 is 11.0. The zero-order valence-corrected chi connectivity index (χ0v) is 14.8. The van der Waals surface area contributed by atoms with Crippen LogP contribution in [0.1, 0.15) is 36.6 Å². The van der Waals surface area contributed by atoms with Gasteiger partial charge in [-0.3, -0.25) is 4.90 Å². The summed E-state index contributed by atoms with van der Waals surface area (Å²) >= 11 is 0. The molecular weight excluding hydrogens is 330 g/mol. The van der Waals surface area contributed by atoms with E-state index in [0.717, 1.165) is 30.8 Å². The van der Waals surface area contributed by atoms with Crippen LogP contribution >= 0.6 is 0 Å². The second-order valence-corrected chi connectivity index (χ2v) is 7.73. The van der Waals surface area contributed by atoms with E-state index in [9.17, 15) is 5.11 Å². The van der Waals surface area contributed by atoms with Crippen LogP contribution in [0.2, 0.25) is 0 Å². The second kappa shape index (κ2) is 5.53. The van der Waals surface area contributed by atoms with Gasteiger partial charge in [-0.1, -0.05) is 24.3 Å². The van der Waals surface area contributed by atoms with Crippen LogP contribution in [0.4, 0.5) is 0 Å². The molecule has 3 heterocycles. The van der Waals surface area contributed by atoms with Crippen LogP contribution in [-0.4, -0.2) is 38.6 Å². The molecule has 0 fully saturated rings. The highest BCUT2D eigenvalue weighted by Crippen LogP contribution is 2.45. The molecule has 0 radical (unpaired) electrons. The van der Waals surface area contributed by atoms with E-state index in [-0.39, 0.29) is 6.04 Å². The fourth-order valence-electron chi connectivity index (χ4n) is 4.19. The molecule has 0 bridgehead atoms. The molecule has 3 aromatic rings. The summed E-state index contributed by atoms with van der Waals surface area (Å²) in [4.78, 5) is 2.34. The molecule has 134 valence electrons. The molecule has 1 N–H and O–H groups in total. The monoisotopic (exact) mass is 351 g/mol. The fourth-order valence-corrected chi connectivity index (χ4v) is 4.19. The molecule has 0 aliphatic carbocycles. The maximum Gasteiger partial charge on any atom is 0.138 e. The van der Waals surface area contributed by atoms with Crippen LogP contribution in [0, 0.1) is 0 Å². The summed E-state index contributed by atoms with van der Waals surface area (Å²) in [5, 5.41) is 19.0. The number of hydrogen-bond donors (Lipinski definition) is 1. The standard InChI is InChI=1S/C20H21N3O3/c1-20(2)19(24)18(23-8-7-12-5-3-4-6-13(12)11-23)14-9-15-16(22-26-21-15)10-17(14)25-20/h3-6,9-10,18-19,24H,7-8,11H2,1-2H3. The maximum atomic E-state index is 11.1. The summed E-state index contributed by atoms with van der Waals surface area (Å²) in [5.41, 5.74) is 4.31. The Morgan fingerprint density at radius 2 is 1.85 bits per heavy atom. The molecule has 6 nitrogen and oxygen atoms in total. The third-order valence-electron chi connectivity index (χ3n) is 5.64. The Labute approximate surface area is 151 Å². The maximum absolute atomic E-state index is 11.1. The lowest BCUT2D eigenvalue weighted by Gasteiger charge is -2.47. The number of ether oxygens (including phenoxy) is 1. The second-order valence-electron chi connectivity index (χ2n) is 7.73. The molecule has 5 rings (SSSR count). The molecule has 2 aromatic carbocycles. The van der Waals surface area contributed by atoms with Crippen molar-refractivity contribution in [1.82, 2.24) is 15.2 Å². The number of aromatic nitrogens is 2. The van der Waals surface area contributed by atoms with Crippen molar-refractivity contribution < 1.29 is 14.5 Å². The molecule has 2 aliphatic heterocycles. The number of fused-ring (bicyclic) bond motifs is 3. The Morgan fingerprint density at radius 3 is 2.65 bits per heavy atom. The summed E-state index contributed by atoms with van der Waals surface area (Å²) in [6.45, 7) is 5.55. The average Bonchev–Trinajstić information content (AvgIpc) is 3.08. The minimum Gasteiger partial charge on any atom is -0.485 e. The number of aliphatic hydroxyl groups excluding tert-OH is 1. The first-order chi connectivity index (χ1) is 12.5. The molecule has 2 unspecified atom stereocenters. The van der Waals surface area contributed by atoms with Crippen LogP contribution < -0.4 is 4.74 Å². The Bertz CT molecular complexity index is 981. The largest absolute Gasteiger partial charge is 0.485 e. The topological polar surface area (TPSA) is 71.6 Å². The van der Waals surface area contributed by atoms with Crippen molar-refractivity contribution >= 4 is 11.0 Å². The SMILES string of the molecule is CC1(C)Oc2cc3nonc3cc2C(N2CCc3ccccc3C2)C1O. The Kier molecular flexibility index (Phi) is 3.36. The lowest BCUT2D eigenvalue weighted by molar-refractivity contribution is -0.0960. The van der Waals surface area contributed by atoms with E-state index in [4.69, 9.17) is 9.37 Å². The predicted octanol–water partition coefficient (Wildman–Crippen LogP) is 2.85. The lowest BCUT2D eigenvalue weighted by Crippen LogP contribution is -2.54. The molecule has 2 aliphatic rings. The van der Waals surface area contributed by atoms with Gasteiger partial charge < -0.3 is 9.84 Å². The Balaban J connectivity index is 1.61. The minimum absolute atomic E-state index is 0.164. The minimum atomic E-state index is -0.695. The number of nitrogens with zero attached hydrogens (tertiary/aromatic N) is 3. The zero-order valence-electron chi connectivity index (χ0n) is 14.8. The van der Waals surface area contributed by atoms with Crippen molar-refractivity contribution in [3.8, 4) is 5.75 Å². The number of rotatable bonds is 1. The third-order valence-corrected chi connectivity index (χ3v) is 5.64. The van der Waals surface area contributed by atoms with Gasteiger partial charge in [0.15, 0.2) is 0 Å². The fraction of sp³-hybridized carbons (Fsp3) is 0.400. The van der Waals surface area contributed by atoms with Gasteiger partial charge in [0.25, 0.3) is 0 Å². The van der Waals surface area contributed by atoms with Crippen molar-refractivity contribution in [3.63, 3.8) is 0 Å². The van der Waals surface area contributed by atoms with Gasteiger partial charge in [0.2, 0.25) is 0 Å². The van der Waals surface area contributed by atoms with Crippen molar-refractivity contribution in [2.75, 3.05) is 6.54 Å². The lowest BCUT2D eigenvalue weighted by atomic mass is 9.84. The van der Waals surface area contributed by atoms with E-state index in [2.05, 4.69) is 39.5 Å². The first kappa shape index (κ1) is 15.8. The Morgan fingerprint density at radius 1 is 1.12 bits per heavy atom. The first-order valence-electron chi connectivity index (χ1n) is 8.97. The molecule has 26 heavy (non-hydrogen) atoms. The van der Waals surface area contributed by atoms with Crippen LogP contribution in [0.15, 0.2) is 41.0 Å². The third kappa shape index (κ3) is 2.33. The van der Waals surface area contributed by atoms with E-state index in [1.165, 1.54) is 11.1 Å². The quantitative estimate of drug-likeness (QED) is 0.727. The predicted molar refractivity (Wildman–Crippen MR) is 95.8 cm³/mol. The first-order valence-corrected chi connectivity index (χ1v) is 8.97. The average molecular weight is 351 g/mol. The van der Waals surface area contributed by atoms with Gasteiger partial charge in [-0.05, 0) is 47.8 Å². The summed E-state index contributed by atoms with van der Waals surface area (Å²) in [5.74, 6) is 0.743. The van der Waals surface area contributed by atoms with Crippen molar-refractivity contribution in [2.24, 2.45) is 0 Å². The van der Waals surface area contributed by atoms with Gasteiger partial charge in [-0.15, -0.1) is 0 Å². The van der Waals surface area contributed by atoms with E-state index in [1.54, 1.807) is 0 Å². The normalized spacial score (nSPS) is 24.7. The van der Waals surface area contributed by atoms with Crippen molar-refractivity contribution in [1.29, 1.82) is 0 Å². The number of hydrogen-bond acceptors (Lipinski definition) is 6. The van der Waals surface area contributed by atoms with Gasteiger partial charge in [-0.2, -0.15) is 0 Å². The van der Waals surface area contributed by atoms with Crippen LogP contribution in [0.25, 0.3) is 11.0 Å². The highest BCUT2D eigenvalue weighted by molar-refractivity contribution is 5.77. The van der Waals surface area contributed by atoms with Gasteiger partial charge in [-0.25, -0.2) is 4.63 Å². The van der Waals surface area contributed by atoms with Gasteiger partial charge in [0, 0.05) is 24.7 Å². The van der Waals surface area contributed by atoms with Crippen LogP contribution in [0.5, 0.6) is 5.75 Å². The zero-order chi connectivity index (χ0) is 17.9. The summed E-state index contributed by atoms with van der Waals surface area (Å²) in [7, 11) is 0. The van der Waals surface area contributed by atoms with Crippen LogP contribution in [0.3, 0.4) is 0 Å². The van der Waals surface area contributed by atoms with E-state index < -0.39 is 11.7 Å². The summed E-state index contributed by atoms with van der Waals surface area (Å²) in [6.07, 6.45) is 0.321. The highest BCUT2D eigenvalue weighted by atomic mass is 16.6. The van der Waals surface area contributed by atoms with E-state index in [0.29, 0.717) is 11.0 Å². The highest BCUT2D eigenvalue weighted by Gasteiger charge is 2.46. The van der Waals surface area contributed by atoms with Crippen molar-refractivity contribution in [2.45, 2.75) is 44.6 Å². The van der Waals surface area contributed by atoms with E-state index >= 15 is 0 Å². The molecule has 0 spiro atoms. The molecular formula is C20H21N3O3. The number of aliphatic hydroxyl groups is 1. The van der Waals surface area contributed by atoms with Gasteiger partial charge >= 0.3 is 0 Å². The molecule has 0 saturated heterocycles. The van der Waals surface area contributed by atoms with Gasteiger partial charge in [0.05, 0.1) is 6.04 Å². The van der Waals surface area contributed by atoms with Crippen molar-refractivity contribution in [3.05, 3.63) is 53.1 Å². The summed E-state index contributed by atoms with van der Waals surface area (Å²) in [6, 6.07) is 12.2. The van der Waals surface area contributed by atoms with Crippen LogP contribution in [-0.2, 0) is 13.0 Å². The molecule has 0 amide bonds.